The van der Waals surface area contributed by atoms with Gasteiger partial charge in [0.1, 0.15) is 5.75 Å². The van der Waals surface area contributed by atoms with Crippen LogP contribution in [0.4, 0.5) is 11.4 Å². The third-order valence-corrected chi connectivity index (χ3v) is 5.48. The highest BCUT2D eigenvalue weighted by molar-refractivity contribution is 6.01. The van der Waals surface area contributed by atoms with E-state index in [1.807, 2.05) is 18.2 Å². The normalized spacial score (nSPS) is 13.9. The molecule has 0 saturated carbocycles. The van der Waals surface area contributed by atoms with E-state index in [0.717, 1.165) is 5.69 Å². The van der Waals surface area contributed by atoms with E-state index in [-0.39, 0.29) is 18.4 Å². The van der Waals surface area contributed by atoms with Gasteiger partial charge in [-0.05, 0) is 51.1 Å². The van der Waals surface area contributed by atoms with Crippen molar-refractivity contribution >= 4 is 29.2 Å². The predicted molar refractivity (Wildman–Crippen MR) is 127 cm³/mol. The van der Waals surface area contributed by atoms with Crippen molar-refractivity contribution in [1.29, 1.82) is 0 Å². The summed E-state index contributed by atoms with van der Waals surface area (Å²) in [5, 5.41) is 2.95. The minimum absolute atomic E-state index is 0.0423. The highest BCUT2D eigenvalue weighted by Crippen LogP contribution is 2.30. The van der Waals surface area contributed by atoms with Crippen molar-refractivity contribution in [3.8, 4) is 5.75 Å². The molecule has 2 aromatic carbocycles. The second kappa shape index (κ2) is 10.4. The lowest BCUT2D eigenvalue weighted by molar-refractivity contribution is -0.129. The quantitative estimate of drug-likeness (QED) is 0.647. The molecule has 8 heteroatoms. The van der Waals surface area contributed by atoms with E-state index in [2.05, 4.69) is 10.2 Å². The maximum absolute atomic E-state index is 13.2. The molecule has 1 aliphatic rings. The number of hydrogen-bond donors (Lipinski definition) is 1. The average molecular weight is 454 g/mol. The number of rotatable bonds is 7. The van der Waals surface area contributed by atoms with Crippen LogP contribution in [0.15, 0.2) is 48.5 Å². The molecule has 1 fully saturated rings. The fourth-order valence-corrected chi connectivity index (χ4v) is 3.62. The first-order chi connectivity index (χ1) is 15.7. The number of benzene rings is 2. The van der Waals surface area contributed by atoms with Crippen molar-refractivity contribution in [2.24, 2.45) is 0 Å². The number of carbonyl (C=O) groups excluding carboxylic acids is 3. The SMILES string of the molecule is CCOC(=O)c1ccc(N2CCN(C(C)=O)CC2)c(NC(=O)C(C)(C)Oc2ccccc2)c1. The third kappa shape index (κ3) is 6.03. The second-order valence-corrected chi connectivity index (χ2v) is 8.33. The topological polar surface area (TPSA) is 88.2 Å². The molecule has 8 nitrogen and oxygen atoms in total. The number of nitrogens with zero attached hydrogens (tertiary/aromatic N) is 2. The Morgan fingerprint density at radius 1 is 1.00 bits per heavy atom. The van der Waals surface area contributed by atoms with Crippen molar-refractivity contribution in [3.05, 3.63) is 54.1 Å². The minimum Gasteiger partial charge on any atom is -0.478 e. The first-order valence-electron chi connectivity index (χ1n) is 11.1. The summed E-state index contributed by atoms with van der Waals surface area (Å²) in [7, 11) is 0. The molecule has 2 aromatic rings. The largest absolute Gasteiger partial charge is 0.478 e. The lowest BCUT2D eigenvalue weighted by Gasteiger charge is -2.37. The van der Waals surface area contributed by atoms with E-state index in [0.29, 0.717) is 43.2 Å². The van der Waals surface area contributed by atoms with E-state index in [4.69, 9.17) is 9.47 Å². The maximum Gasteiger partial charge on any atom is 0.338 e. The third-order valence-electron chi connectivity index (χ3n) is 5.48. The molecule has 1 heterocycles. The average Bonchev–Trinajstić information content (AvgIpc) is 2.79. The van der Waals surface area contributed by atoms with Crippen LogP contribution in [0.25, 0.3) is 0 Å². The van der Waals surface area contributed by atoms with Crippen LogP contribution in [-0.4, -0.2) is 61.1 Å². The summed E-state index contributed by atoms with van der Waals surface area (Å²) in [4.78, 5) is 41.1. The maximum atomic E-state index is 13.2. The Balaban J connectivity index is 1.85. The van der Waals surface area contributed by atoms with Gasteiger partial charge >= 0.3 is 5.97 Å². The molecule has 0 bridgehead atoms. The summed E-state index contributed by atoms with van der Waals surface area (Å²) in [6.45, 7) is 9.35. The van der Waals surface area contributed by atoms with Crippen LogP contribution in [0.5, 0.6) is 5.75 Å². The Hall–Kier alpha value is -3.55. The van der Waals surface area contributed by atoms with Gasteiger partial charge in [0.15, 0.2) is 5.60 Å². The molecule has 0 atom stereocenters. The van der Waals surface area contributed by atoms with Crippen LogP contribution in [0, 0.1) is 0 Å². The predicted octanol–water partition coefficient (Wildman–Crippen LogP) is 3.33. The molecule has 1 N–H and O–H groups in total. The lowest BCUT2D eigenvalue weighted by Crippen LogP contribution is -2.48. The monoisotopic (exact) mass is 453 g/mol. The molecule has 0 spiro atoms. The van der Waals surface area contributed by atoms with Gasteiger partial charge < -0.3 is 24.6 Å². The standard InChI is InChI=1S/C25H31N3O5/c1-5-32-23(30)19-11-12-22(28-15-13-27(14-16-28)18(2)29)21(17-19)26-24(31)25(3,4)33-20-9-7-6-8-10-20/h6-12,17H,5,13-16H2,1-4H3,(H,26,31). The molecule has 0 aromatic heterocycles. The van der Waals surface area contributed by atoms with Crippen molar-refractivity contribution < 1.29 is 23.9 Å². The molecular weight excluding hydrogens is 422 g/mol. The van der Waals surface area contributed by atoms with Gasteiger partial charge in [-0.25, -0.2) is 4.79 Å². The zero-order chi connectivity index (χ0) is 24.0. The van der Waals surface area contributed by atoms with E-state index in [9.17, 15) is 14.4 Å². The fraction of sp³-hybridized carbons (Fsp3) is 0.400. The van der Waals surface area contributed by atoms with Gasteiger partial charge in [0.25, 0.3) is 5.91 Å². The molecule has 1 aliphatic heterocycles. The second-order valence-electron chi connectivity index (χ2n) is 8.33. The number of amides is 2. The number of ether oxygens (including phenoxy) is 2. The van der Waals surface area contributed by atoms with Crippen LogP contribution in [0.2, 0.25) is 0 Å². The number of anilines is 2. The highest BCUT2D eigenvalue weighted by Gasteiger charge is 2.31. The fourth-order valence-electron chi connectivity index (χ4n) is 3.62. The number of para-hydroxylation sites is 1. The van der Waals surface area contributed by atoms with Gasteiger partial charge in [0.05, 0.1) is 23.5 Å². The van der Waals surface area contributed by atoms with Crippen molar-refractivity contribution in [2.45, 2.75) is 33.3 Å². The van der Waals surface area contributed by atoms with E-state index < -0.39 is 11.6 Å². The molecule has 3 rings (SSSR count). The zero-order valence-electron chi connectivity index (χ0n) is 19.6. The molecule has 2 amide bonds. The highest BCUT2D eigenvalue weighted by atomic mass is 16.5. The number of nitrogens with one attached hydrogen (secondary N) is 1. The van der Waals surface area contributed by atoms with Gasteiger partial charge in [-0.1, -0.05) is 18.2 Å². The van der Waals surface area contributed by atoms with Gasteiger partial charge in [-0.3, -0.25) is 9.59 Å². The number of esters is 1. The molecule has 176 valence electrons. The first kappa shape index (κ1) is 24.1. The summed E-state index contributed by atoms with van der Waals surface area (Å²) in [6, 6.07) is 14.2. The van der Waals surface area contributed by atoms with Gasteiger partial charge in [-0.15, -0.1) is 0 Å². The van der Waals surface area contributed by atoms with Crippen LogP contribution < -0.4 is 15.0 Å². The minimum atomic E-state index is -1.16. The molecule has 0 aliphatic carbocycles. The first-order valence-corrected chi connectivity index (χ1v) is 11.1. The van der Waals surface area contributed by atoms with Gasteiger partial charge in [-0.2, -0.15) is 0 Å². The Morgan fingerprint density at radius 2 is 1.67 bits per heavy atom. The summed E-state index contributed by atoms with van der Waals surface area (Å²) in [5.74, 6) is -0.184. The smallest absolute Gasteiger partial charge is 0.338 e. The van der Waals surface area contributed by atoms with Crippen LogP contribution >= 0.6 is 0 Å². The summed E-state index contributed by atoms with van der Waals surface area (Å²) in [6.07, 6.45) is 0. The van der Waals surface area contributed by atoms with Crippen LogP contribution in [0.1, 0.15) is 38.1 Å². The van der Waals surface area contributed by atoms with Crippen molar-refractivity contribution in [1.82, 2.24) is 4.90 Å². The Bertz CT molecular complexity index is 998. The molecule has 1 saturated heterocycles. The summed E-state index contributed by atoms with van der Waals surface area (Å²) < 4.78 is 11.0. The van der Waals surface area contributed by atoms with E-state index >= 15 is 0 Å². The molecule has 0 unspecified atom stereocenters. The van der Waals surface area contributed by atoms with E-state index in [1.54, 1.807) is 62.9 Å². The van der Waals surface area contributed by atoms with Crippen LogP contribution in [0.3, 0.4) is 0 Å². The summed E-state index contributed by atoms with van der Waals surface area (Å²) in [5.41, 5.74) is 0.452. The Kier molecular flexibility index (Phi) is 7.58. The van der Waals surface area contributed by atoms with Crippen LogP contribution in [-0.2, 0) is 14.3 Å². The number of hydrogen-bond acceptors (Lipinski definition) is 6. The Morgan fingerprint density at radius 3 is 2.27 bits per heavy atom. The van der Waals surface area contributed by atoms with Gasteiger partial charge in [0, 0.05) is 33.1 Å². The number of piperazine rings is 1. The van der Waals surface area contributed by atoms with Crippen molar-refractivity contribution in [2.75, 3.05) is 43.0 Å². The lowest BCUT2D eigenvalue weighted by atomic mass is 10.1. The zero-order valence-corrected chi connectivity index (χ0v) is 19.6. The molecular formula is C25H31N3O5. The molecule has 0 radical (unpaired) electrons. The van der Waals surface area contributed by atoms with Crippen molar-refractivity contribution in [3.63, 3.8) is 0 Å². The number of carbonyl (C=O) groups is 3. The summed E-state index contributed by atoms with van der Waals surface area (Å²) >= 11 is 0. The van der Waals surface area contributed by atoms with E-state index in [1.165, 1.54) is 0 Å². The Labute approximate surface area is 194 Å². The molecule has 33 heavy (non-hydrogen) atoms. The van der Waals surface area contributed by atoms with Gasteiger partial charge in [0.2, 0.25) is 5.91 Å².